The van der Waals surface area contributed by atoms with Gasteiger partial charge in [-0.3, -0.25) is 4.79 Å². The van der Waals surface area contributed by atoms with Crippen LogP contribution in [0.5, 0.6) is 5.88 Å². The average molecular weight is 558 g/mol. The van der Waals surface area contributed by atoms with Gasteiger partial charge in [0.2, 0.25) is 17.1 Å². The van der Waals surface area contributed by atoms with E-state index in [4.69, 9.17) is 16.3 Å². The lowest BCUT2D eigenvalue weighted by Gasteiger charge is -2.39. The Morgan fingerprint density at radius 1 is 1.13 bits per heavy atom. The molecule has 0 atom stereocenters. The summed E-state index contributed by atoms with van der Waals surface area (Å²) in [7, 11) is 0. The van der Waals surface area contributed by atoms with Gasteiger partial charge in [0.15, 0.2) is 0 Å². The molecule has 2 saturated carbocycles. The van der Waals surface area contributed by atoms with Crippen LogP contribution in [0.4, 0.5) is 5.69 Å². The molecule has 2 aliphatic rings. The van der Waals surface area contributed by atoms with E-state index in [0.29, 0.717) is 35.2 Å². The molecule has 1 N–H and O–H groups in total. The molecule has 204 valence electrons. The van der Waals surface area contributed by atoms with E-state index >= 15 is 0 Å². The Bertz CT molecular complexity index is 1210. The van der Waals surface area contributed by atoms with Gasteiger partial charge in [-0.1, -0.05) is 18.8 Å². The second-order valence-corrected chi connectivity index (χ2v) is 12.9. The van der Waals surface area contributed by atoms with Crippen LogP contribution in [0.15, 0.2) is 18.3 Å². The number of carboxylic acids is 1. The van der Waals surface area contributed by atoms with Crippen molar-refractivity contribution in [3.8, 4) is 17.7 Å². The minimum atomic E-state index is -1.03. The highest BCUT2D eigenvalue weighted by Gasteiger charge is 2.38. The highest BCUT2D eigenvalue weighted by atomic mass is 35.5. The Hall–Kier alpha value is -2.63. The van der Waals surface area contributed by atoms with Gasteiger partial charge in [0.1, 0.15) is 11.0 Å². The number of carbonyl (C=O) groups excluding carboxylic acids is 1. The first-order chi connectivity index (χ1) is 18.0. The number of rotatable bonds is 6. The fourth-order valence-corrected chi connectivity index (χ4v) is 6.18. The second kappa shape index (κ2) is 12.0. The zero-order valence-electron chi connectivity index (χ0n) is 22.5. The van der Waals surface area contributed by atoms with Crippen LogP contribution in [0, 0.1) is 29.1 Å². The first-order valence-corrected chi connectivity index (χ1v) is 14.6. The van der Waals surface area contributed by atoms with Gasteiger partial charge < -0.3 is 14.7 Å². The first-order valence-electron chi connectivity index (χ1n) is 13.4. The third kappa shape index (κ3) is 7.27. The van der Waals surface area contributed by atoms with Crippen LogP contribution in [0.2, 0.25) is 5.28 Å². The summed E-state index contributed by atoms with van der Waals surface area (Å²) in [5, 5.41) is 10.2. The first kappa shape index (κ1) is 28.4. The summed E-state index contributed by atoms with van der Waals surface area (Å²) in [5.41, 5.74) is 0.269. The highest BCUT2D eigenvalue weighted by Crippen LogP contribution is 2.39. The normalized spacial score (nSPS) is 23.7. The van der Waals surface area contributed by atoms with Gasteiger partial charge in [0, 0.05) is 29.6 Å². The van der Waals surface area contributed by atoms with E-state index in [1.54, 1.807) is 17.2 Å². The number of thiophene rings is 1. The van der Waals surface area contributed by atoms with E-state index in [1.165, 1.54) is 0 Å². The lowest BCUT2D eigenvalue weighted by Crippen LogP contribution is -2.47. The number of halogens is 1. The van der Waals surface area contributed by atoms with Crippen molar-refractivity contribution >= 4 is 40.5 Å². The molecule has 2 aromatic rings. The number of hydrogen-bond acceptors (Lipinski definition) is 6. The second-order valence-electron chi connectivity index (χ2n) is 11.5. The number of aromatic nitrogens is 2. The SMILES string of the molecule is CC(C)(C)C#Cc1cc(N(C(=O)[C@H]2CC[C@H](C)CC2)[C@H]2CC[C@H](Oc3ccnc(Cl)n3)CC2)c(C(=O)O)s1. The van der Waals surface area contributed by atoms with E-state index < -0.39 is 5.97 Å². The standard InChI is InChI=1S/C29H36ClN3O4S/c1-18-5-7-19(8-6-18)26(34)33(23-17-22(13-15-29(2,3)4)38-25(23)27(35)36)20-9-11-21(12-10-20)37-24-14-16-31-28(30)32-24/h14,16-21H,5-12H2,1-4H3,(H,35,36)/t18-,19-,20-,21-. The zero-order chi connectivity index (χ0) is 27.4. The van der Waals surface area contributed by atoms with Crippen LogP contribution in [-0.4, -0.2) is 39.1 Å². The molecule has 0 aromatic carbocycles. The molecule has 2 fully saturated rings. The highest BCUT2D eigenvalue weighted by molar-refractivity contribution is 7.15. The number of ether oxygens (including phenoxy) is 1. The van der Waals surface area contributed by atoms with Crippen LogP contribution in [0.1, 0.15) is 93.6 Å². The van der Waals surface area contributed by atoms with Crippen molar-refractivity contribution < 1.29 is 19.4 Å². The smallest absolute Gasteiger partial charge is 0.348 e. The Morgan fingerprint density at radius 3 is 2.42 bits per heavy atom. The predicted molar refractivity (Wildman–Crippen MR) is 150 cm³/mol. The fourth-order valence-electron chi connectivity index (χ4n) is 5.20. The van der Waals surface area contributed by atoms with Gasteiger partial charge in [-0.2, -0.15) is 4.98 Å². The molecule has 2 aliphatic carbocycles. The number of aromatic carboxylic acids is 1. The minimum absolute atomic E-state index is 0.0412. The van der Waals surface area contributed by atoms with Gasteiger partial charge in [-0.05, 0) is 95.7 Å². The van der Waals surface area contributed by atoms with Crippen LogP contribution in [0.25, 0.3) is 0 Å². The maximum Gasteiger partial charge on any atom is 0.348 e. The molecule has 38 heavy (non-hydrogen) atoms. The van der Waals surface area contributed by atoms with Crippen molar-refractivity contribution in [2.75, 3.05) is 4.90 Å². The molecule has 0 radical (unpaired) electrons. The molecule has 0 unspecified atom stereocenters. The largest absolute Gasteiger partial charge is 0.477 e. The molecule has 2 aromatic heterocycles. The molecular formula is C29H36ClN3O4S. The van der Waals surface area contributed by atoms with Crippen LogP contribution in [-0.2, 0) is 4.79 Å². The Morgan fingerprint density at radius 2 is 1.82 bits per heavy atom. The number of hydrogen-bond donors (Lipinski definition) is 1. The maximum atomic E-state index is 14.1. The molecule has 0 spiro atoms. The van der Waals surface area contributed by atoms with Crippen molar-refractivity contribution in [3.63, 3.8) is 0 Å². The third-order valence-electron chi connectivity index (χ3n) is 7.23. The van der Waals surface area contributed by atoms with E-state index in [-0.39, 0.29) is 39.5 Å². The summed E-state index contributed by atoms with van der Waals surface area (Å²) >= 11 is 7.05. The molecule has 2 heterocycles. The van der Waals surface area contributed by atoms with E-state index in [0.717, 1.165) is 49.9 Å². The summed E-state index contributed by atoms with van der Waals surface area (Å²) in [5.74, 6) is 6.32. The summed E-state index contributed by atoms with van der Waals surface area (Å²) in [4.78, 5) is 37.1. The molecule has 0 saturated heterocycles. The Labute approximate surface area is 234 Å². The van der Waals surface area contributed by atoms with E-state index in [1.807, 2.05) is 26.8 Å². The summed E-state index contributed by atoms with van der Waals surface area (Å²) in [6, 6.07) is 3.39. The lowest BCUT2D eigenvalue weighted by molar-refractivity contribution is -0.124. The topological polar surface area (TPSA) is 92.6 Å². The number of amides is 1. The molecule has 9 heteroatoms. The lowest BCUT2D eigenvalue weighted by atomic mass is 9.81. The zero-order valence-corrected chi connectivity index (χ0v) is 24.1. The maximum absolute atomic E-state index is 14.1. The summed E-state index contributed by atoms with van der Waals surface area (Å²) in [6.45, 7) is 8.28. The van der Waals surface area contributed by atoms with Crippen molar-refractivity contribution in [1.82, 2.24) is 9.97 Å². The fraction of sp³-hybridized carbons (Fsp3) is 0.586. The number of carboxylic acid groups (broad SMARTS) is 1. The van der Waals surface area contributed by atoms with Crippen LogP contribution >= 0.6 is 22.9 Å². The van der Waals surface area contributed by atoms with Crippen molar-refractivity contribution in [3.05, 3.63) is 33.4 Å². The third-order valence-corrected chi connectivity index (χ3v) is 8.44. The average Bonchev–Trinajstić information content (AvgIpc) is 3.28. The quantitative estimate of drug-likeness (QED) is 0.309. The number of anilines is 1. The molecule has 4 rings (SSSR count). The van der Waals surface area contributed by atoms with Gasteiger partial charge in [0.25, 0.3) is 0 Å². The van der Waals surface area contributed by atoms with Gasteiger partial charge >= 0.3 is 5.97 Å². The van der Waals surface area contributed by atoms with Crippen LogP contribution in [0.3, 0.4) is 0 Å². The molecule has 7 nitrogen and oxygen atoms in total. The number of carbonyl (C=O) groups is 2. The molecule has 0 bridgehead atoms. The van der Waals surface area contributed by atoms with Gasteiger partial charge in [-0.15, -0.1) is 11.3 Å². The van der Waals surface area contributed by atoms with Gasteiger partial charge in [-0.25, -0.2) is 9.78 Å². The summed E-state index contributed by atoms with van der Waals surface area (Å²) < 4.78 is 6.04. The Balaban J connectivity index is 1.60. The van der Waals surface area contributed by atoms with Crippen molar-refractivity contribution in [1.29, 1.82) is 0 Å². The number of nitrogens with zero attached hydrogens (tertiary/aromatic N) is 3. The van der Waals surface area contributed by atoms with Crippen molar-refractivity contribution in [2.45, 2.75) is 91.2 Å². The van der Waals surface area contributed by atoms with Crippen molar-refractivity contribution in [2.24, 2.45) is 17.3 Å². The van der Waals surface area contributed by atoms with E-state index in [2.05, 4.69) is 28.7 Å². The molecular weight excluding hydrogens is 522 g/mol. The monoisotopic (exact) mass is 557 g/mol. The van der Waals surface area contributed by atoms with Gasteiger partial charge in [0.05, 0.1) is 10.6 Å². The summed E-state index contributed by atoms with van der Waals surface area (Å²) in [6.07, 6.45) is 8.08. The Kier molecular flexibility index (Phi) is 9.00. The minimum Gasteiger partial charge on any atom is -0.477 e. The van der Waals surface area contributed by atoms with Crippen LogP contribution < -0.4 is 9.64 Å². The predicted octanol–water partition coefficient (Wildman–Crippen LogP) is 6.84. The van der Waals surface area contributed by atoms with E-state index in [9.17, 15) is 14.7 Å². The molecule has 0 aliphatic heterocycles. The molecule has 1 amide bonds.